The van der Waals surface area contributed by atoms with Gasteiger partial charge in [0.05, 0.1) is 10.6 Å². The van der Waals surface area contributed by atoms with Crippen molar-refractivity contribution in [1.82, 2.24) is 5.32 Å². The van der Waals surface area contributed by atoms with Crippen LogP contribution in [0.4, 0.5) is 0 Å². The topological polar surface area (TPSA) is 72.2 Å². The van der Waals surface area contributed by atoms with Crippen LogP contribution in [0.2, 0.25) is 0 Å². The molecule has 0 aromatic carbocycles. The van der Waals surface area contributed by atoms with Gasteiger partial charge in [-0.25, -0.2) is 0 Å². The summed E-state index contributed by atoms with van der Waals surface area (Å²) in [6.45, 7) is 2.05. The van der Waals surface area contributed by atoms with Crippen LogP contribution in [0.15, 0.2) is 10.6 Å². The van der Waals surface area contributed by atoms with E-state index in [4.69, 9.17) is 5.73 Å². The minimum Gasteiger partial charge on any atom is -0.366 e. The maximum absolute atomic E-state index is 11.7. The molecule has 0 aromatic rings. The van der Waals surface area contributed by atoms with Gasteiger partial charge >= 0.3 is 0 Å². The maximum atomic E-state index is 11.7. The molecule has 0 radical (unpaired) electrons. The Morgan fingerprint density at radius 1 is 1.44 bits per heavy atom. The molecule has 1 aliphatic carbocycles. The highest BCUT2D eigenvalue weighted by molar-refractivity contribution is 8.04. The lowest BCUT2D eigenvalue weighted by Crippen LogP contribution is -2.26. The summed E-state index contributed by atoms with van der Waals surface area (Å²) in [7, 11) is 0. The van der Waals surface area contributed by atoms with Gasteiger partial charge in [-0.2, -0.15) is 0 Å². The molecule has 1 saturated carbocycles. The Hall–Kier alpha value is -0.970. The van der Waals surface area contributed by atoms with Crippen LogP contribution in [0.25, 0.3) is 0 Å². The number of nitrogens with two attached hydrogens (primary N) is 1. The third-order valence-corrected chi connectivity index (χ3v) is 5.04. The molecule has 2 unspecified atom stereocenters. The van der Waals surface area contributed by atoms with Crippen LogP contribution >= 0.6 is 11.8 Å². The molecular formula is C13H20N2O2S. The molecule has 0 spiro atoms. The van der Waals surface area contributed by atoms with Crippen LogP contribution in [0, 0.1) is 5.92 Å². The molecular weight excluding hydrogens is 248 g/mol. The monoisotopic (exact) mass is 268 g/mol. The van der Waals surface area contributed by atoms with E-state index < -0.39 is 0 Å². The summed E-state index contributed by atoms with van der Waals surface area (Å²) >= 11 is 1.63. The molecule has 0 saturated heterocycles. The smallest absolute Gasteiger partial charge is 0.247 e. The Bertz CT molecular complexity index is 392. The van der Waals surface area contributed by atoms with Gasteiger partial charge in [-0.05, 0) is 19.3 Å². The molecule has 2 aliphatic rings. The van der Waals surface area contributed by atoms with E-state index in [-0.39, 0.29) is 17.7 Å². The van der Waals surface area contributed by atoms with Gasteiger partial charge in [-0.1, -0.05) is 19.8 Å². The van der Waals surface area contributed by atoms with E-state index >= 15 is 0 Å². The van der Waals surface area contributed by atoms with Crippen molar-refractivity contribution in [2.24, 2.45) is 11.7 Å². The Labute approximate surface area is 112 Å². The third-order valence-electron chi connectivity index (χ3n) is 3.61. The first kappa shape index (κ1) is 13.5. The van der Waals surface area contributed by atoms with Crippen molar-refractivity contribution in [3.8, 4) is 0 Å². The van der Waals surface area contributed by atoms with Crippen LogP contribution < -0.4 is 11.1 Å². The molecule has 2 rings (SSSR count). The van der Waals surface area contributed by atoms with E-state index in [0.29, 0.717) is 17.2 Å². The van der Waals surface area contributed by atoms with E-state index in [9.17, 15) is 9.59 Å². The average molecular weight is 268 g/mol. The second-order valence-electron chi connectivity index (χ2n) is 4.95. The summed E-state index contributed by atoms with van der Waals surface area (Å²) in [5.41, 5.74) is 6.12. The first-order chi connectivity index (χ1) is 8.63. The highest BCUT2D eigenvalue weighted by Gasteiger charge is 2.41. The molecule has 5 heteroatoms. The fourth-order valence-corrected chi connectivity index (χ4v) is 4.27. The second kappa shape index (κ2) is 5.78. The summed E-state index contributed by atoms with van der Waals surface area (Å²) < 4.78 is 0. The molecule has 4 nitrogen and oxygen atoms in total. The maximum Gasteiger partial charge on any atom is 0.247 e. The van der Waals surface area contributed by atoms with E-state index in [1.807, 2.05) is 0 Å². The SMILES string of the molecule is CCCCC(=O)NC1=C(C(N)=O)C2CCCC2S1. The summed E-state index contributed by atoms with van der Waals surface area (Å²) in [5.74, 6) is -0.116. The number of fused-ring (bicyclic) bond motifs is 1. The Kier molecular flexibility index (Phi) is 4.32. The lowest BCUT2D eigenvalue weighted by molar-refractivity contribution is -0.120. The molecule has 1 aliphatic heterocycles. The van der Waals surface area contributed by atoms with Crippen LogP contribution in [-0.2, 0) is 9.59 Å². The standard InChI is InChI=1S/C13H20N2O2S/c1-2-3-7-10(16)15-13-11(12(14)17)8-5-4-6-9(8)18-13/h8-9H,2-7H2,1H3,(H2,14,17)(H,15,16). The van der Waals surface area contributed by atoms with Crippen LogP contribution in [0.3, 0.4) is 0 Å². The minimum absolute atomic E-state index is 0.00178. The average Bonchev–Trinajstić information content (AvgIpc) is 2.85. The number of unbranched alkanes of at least 4 members (excludes halogenated alkanes) is 1. The number of primary amides is 1. The number of nitrogens with one attached hydrogen (secondary N) is 1. The molecule has 3 N–H and O–H groups in total. The van der Waals surface area contributed by atoms with Gasteiger partial charge in [0.15, 0.2) is 0 Å². The van der Waals surface area contributed by atoms with Gasteiger partial charge in [0.1, 0.15) is 0 Å². The molecule has 1 fully saturated rings. The number of thioether (sulfide) groups is 1. The van der Waals surface area contributed by atoms with Crippen molar-refractivity contribution in [2.75, 3.05) is 0 Å². The lowest BCUT2D eigenvalue weighted by atomic mass is 9.98. The van der Waals surface area contributed by atoms with Crippen molar-refractivity contribution in [1.29, 1.82) is 0 Å². The van der Waals surface area contributed by atoms with Crippen molar-refractivity contribution < 1.29 is 9.59 Å². The number of rotatable bonds is 5. The highest BCUT2D eigenvalue weighted by Crippen LogP contribution is 2.49. The Balaban J connectivity index is 2.06. The summed E-state index contributed by atoms with van der Waals surface area (Å²) in [5, 5.41) is 4.04. The predicted molar refractivity (Wildman–Crippen MR) is 72.6 cm³/mol. The predicted octanol–water partition coefficient (Wildman–Crippen LogP) is 1.91. The van der Waals surface area contributed by atoms with Crippen LogP contribution in [-0.4, -0.2) is 17.1 Å². The van der Waals surface area contributed by atoms with Gasteiger partial charge < -0.3 is 11.1 Å². The number of amides is 2. The van der Waals surface area contributed by atoms with Gasteiger partial charge in [-0.15, -0.1) is 11.8 Å². The molecule has 0 aromatic heterocycles. The molecule has 0 bridgehead atoms. The van der Waals surface area contributed by atoms with Crippen molar-refractivity contribution in [3.05, 3.63) is 10.6 Å². The van der Waals surface area contributed by atoms with Crippen LogP contribution in [0.1, 0.15) is 45.4 Å². The van der Waals surface area contributed by atoms with E-state index in [1.54, 1.807) is 11.8 Å². The number of hydrogen-bond acceptors (Lipinski definition) is 3. The van der Waals surface area contributed by atoms with Gasteiger partial charge in [-0.3, -0.25) is 9.59 Å². The molecule has 2 atom stereocenters. The summed E-state index contributed by atoms with van der Waals surface area (Å²) in [6, 6.07) is 0. The Morgan fingerprint density at radius 2 is 2.22 bits per heavy atom. The van der Waals surface area contributed by atoms with Gasteiger partial charge in [0.2, 0.25) is 11.8 Å². The fraction of sp³-hybridized carbons (Fsp3) is 0.692. The van der Waals surface area contributed by atoms with Crippen molar-refractivity contribution in [2.45, 2.75) is 50.7 Å². The third kappa shape index (κ3) is 2.71. The highest BCUT2D eigenvalue weighted by atomic mass is 32.2. The van der Waals surface area contributed by atoms with E-state index in [1.165, 1.54) is 0 Å². The molecule has 1 heterocycles. The normalized spacial score (nSPS) is 26.3. The first-order valence-electron chi connectivity index (χ1n) is 6.64. The Morgan fingerprint density at radius 3 is 2.89 bits per heavy atom. The molecule has 100 valence electrons. The minimum atomic E-state index is -0.373. The zero-order valence-electron chi connectivity index (χ0n) is 10.7. The van der Waals surface area contributed by atoms with Crippen LogP contribution in [0.5, 0.6) is 0 Å². The second-order valence-corrected chi connectivity index (χ2v) is 6.20. The quantitative estimate of drug-likeness (QED) is 0.800. The number of hydrogen-bond donors (Lipinski definition) is 2. The summed E-state index contributed by atoms with van der Waals surface area (Å²) in [6.07, 6.45) is 5.67. The number of carbonyl (C=O) groups excluding carboxylic acids is 2. The zero-order chi connectivity index (χ0) is 13.1. The summed E-state index contributed by atoms with van der Waals surface area (Å²) in [4.78, 5) is 23.3. The fourth-order valence-electron chi connectivity index (χ4n) is 2.70. The van der Waals surface area contributed by atoms with Crippen molar-refractivity contribution in [3.63, 3.8) is 0 Å². The number of carbonyl (C=O) groups is 2. The lowest BCUT2D eigenvalue weighted by Gasteiger charge is -2.09. The molecule has 2 amide bonds. The largest absolute Gasteiger partial charge is 0.366 e. The van der Waals surface area contributed by atoms with Gasteiger partial charge in [0.25, 0.3) is 0 Å². The van der Waals surface area contributed by atoms with E-state index in [0.717, 1.165) is 37.1 Å². The van der Waals surface area contributed by atoms with E-state index in [2.05, 4.69) is 12.2 Å². The zero-order valence-corrected chi connectivity index (χ0v) is 11.5. The van der Waals surface area contributed by atoms with Crippen molar-refractivity contribution >= 4 is 23.6 Å². The molecule has 18 heavy (non-hydrogen) atoms. The first-order valence-corrected chi connectivity index (χ1v) is 7.52. The van der Waals surface area contributed by atoms with Gasteiger partial charge in [0, 0.05) is 17.6 Å².